The molecule has 0 aliphatic carbocycles. The van der Waals surface area contributed by atoms with E-state index in [0.717, 1.165) is 12.1 Å². The number of carboxylic acid groups (broad SMARTS) is 1. The molecule has 3 rings (SSSR count). The molecule has 7 nitrogen and oxygen atoms in total. The van der Waals surface area contributed by atoms with Gasteiger partial charge in [0.25, 0.3) is 0 Å². The van der Waals surface area contributed by atoms with Crippen molar-refractivity contribution in [2.45, 2.75) is 44.4 Å². The second kappa shape index (κ2) is 8.93. The molecule has 10 heteroatoms. The number of nitrogens with one attached hydrogen (secondary N) is 1. The molecule has 2 aliphatic heterocycles. The fourth-order valence-corrected chi connectivity index (χ4v) is 4.01. The van der Waals surface area contributed by atoms with E-state index in [9.17, 15) is 27.6 Å². The average molecular weight is 427 g/mol. The van der Waals surface area contributed by atoms with Crippen molar-refractivity contribution in [2.24, 2.45) is 5.92 Å². The van der Waals surface area contributed by atoms with Crippen molar-refractivity contribution in [3.63, 3.8) is 0 Å². The Morgan fingerprint density at radius 1 is 1.07 bits per heavy atom. The lowest BCUT2D eigenvalue weighted by atomic mass is 9.96. The van der Waals surface area contributed by atoms with Crippen molar-refractivity contribution in [1.29, 1.82) is 0 Å². The van der Waals surface area contributed by atoms with Crippen LogP contribution in [0.15, 0.2) is 24.3 Å². The van der Waals surface area contributed by atoms with Crippen LogP contribution in [0.3, 0.4) is 0 Å². The number of rotatable bonds is 4. The van der Waals surface area contributed by atoms with Crippen molar-refractivity contribution in [1.82, 2.24) is 15.1 Å². The number of hydrogen-bond acceptors (Lipinski definition) is 3. The second-order valence-corrected chi connectivity index (χ2v) is 7.67. The molecule has 30 heavy (non-hydrogen) atoms. The van der Waals surface area contributed by atoms with Gasteiger partial charge in [0.05, 0.1) is 11.5 Å². The summed E-state index contributed by atoms with van der Waals surface area (Å²) in [5, 5.41) is 11.9. The maximum atomic E-state index is 12.9. The summed E-state index contributed by atoms with van der Waals surface area (Å²) in [5.74, 6) is -1.03. The van der Waals surface area contributed by atoms with Crippen molar-refractivity contribution < 1.29 is 32.7 Å². The largest absolute Gasteiger partial charge is 0.465 e. The minimum atomic E-state index is -4.41. The molecule has 0 saturated carbocycles. The van der Waals surface area contributed by atoms with E-state index in [1.165, 1.54) is 21.9 Å². The highest BCUT2D eigenvalue weighted by molar-refractivity contribution is 5.89. The summed E-state index contributed by atoms with van der Waals surface area (Å²) in [6.07, 6.45) is -3.12. The highest BCUT2D eigenvalue weighted by Gasteiger charge is 2.39. The number of amides is 3. The summed E-state index contributed by atoms with van der Waals surface area (Å²) in [6.45, 7) is 1.02. The Bertz CT molecular complexity index is 797. The Morgan fingerprint density at radius 2 is 1.73 bits per heavy atom. The third kappa shape index (κ3) is 5.03. The summed E-state index contributed by atoms with van der Waals surface area (Å²) in [7, 11) is 0. The van der Waals surface area contributed by atoms with Gasteiger partial charge in [0.15, 0.2) is 0 Å². The average Bonchev–Trinajstić information content (AvgIpc) is 3.21. The molecule has 2 aliphatic rings. The van der Waals surface area contributed by atoms with Gasteiger partial charge in [0, 0.05) is 26.2 Å². The number of carbonyl (C=O) groups is 3. The van der Waals surface area contributed by atoms with E-state index in [1.54, 1.807) is 0 Å². The highest BCUT2D eigenvalue weighted by atomic mass is 19.4. The fraction of sp³-hybridized carbons (Fsp3) is 0.550. The molecule has 0 spiro atoms. The summed E-state index contributed by atoms with van der Waals surface area (Å²) < 4.78 is 37.9. The molecule has 0 bridgehead atoms. The van der Waals surface area contributed by atoms with Crippen molar-refractivity contribution in [2.75, 3.05) is 19.6 Å². The lowest BCUT2D eigenvalue weighted by Gasteiger charge is -2.34. The highest BCUT2D eigenvalue weighted by Crippen LogP contribution is 2.29. The molecule has 2 atom stereocenters. The lowest BCUT2D eigenvalue weighted by molar-refractivity contribution is -0.142. The molecule has 2 fully saturated rings. The number of likely N-dealkylation sites (tertiary alicyclic amines) is 2. The van der Waals surface area contributed by atoms with Gasteiger partial charge in [0.2, 0.25) is 11.8 Å². The maximum Gasteiger partial charge on any atom is 0.416 e. The first-order valence-electron chi connectivity index (χ1n) is 9.89. The molecule has 1 aromatic carbocycles. The zero-order valence-electron chi connectivity index (χ0n) is 16.3. The summed E-state index contributed by atoms with van der Waals surface area (Å²) in [6, 6.07) is 3.90. The number of halogens is 3. The predicted octanol–water partition coefficient (Wildman–Crippen LogP) is 2.70. The number of hydrogen-bond donors (Lipinski definition) is 2. The van der Waals surface area contributed by atoms with Gasteiger partial charge in [-0.25, -0.2) is 4.79 Å². The van der Waals surface area contributed by atoms with E-state index in [2.05, 4.69) is 5.32 Å². The normalized spacial score (nSPS) is 22.1. The van der Waals surface area contributed by atoms with Crippen LogP contribution >= 0.6 is 0 Å². The SMILES string of the molecule is O=C(NCc1ccc(C(F)(F)F)cc1)[C@H]1CCCN1C(=O)[C@H]1CCCN(C(=O)O)C1. The molecule has 2 saturated heterocycles. The second-order valence-electron chi connectivity index (χ2n) is 7.67. The molecule has 3 amide bonds. The van der Waals surface area contributed by atoms with Crippen LogP contribution in [0, 0.1) is 5.92 Å². The van der Waals surface area contributed by atoms with Crippen LogP contribution in [0.2, 0.25) is 0 Å². The standard InChI is InChI=1S/C20H24F3N3O4/c21-20(22,23)15-7-5-13(6-8-15)11-24-17(27)16-4-2-10-26(16)18(28)14-3-1-9-25(12-14)19(29)30/h5-8,14,16H,1-4,9-12H2,(H,24,27)(H,29,30)/t14-,16+/m0/s1. The summed E-state index contributed by atoms with van der Waals surface area (Å²) >= 11 is 0. The van der Waals surface area contributed by atoms with E-state index in [4.69, 9.17) is 5.11 Å². The number of nitrogens with zero attached hydrogens (tertiary/aromatic N) is 2. The Morgan fingerprint density at radius 3 is 2.37 bits per heavy atom. The first kappa shape index (κ1) is 21.9. The van der Waals surface area contributed by atoms with Crippen molar-refractivity contribution in [3.8, 4) is 0 Å². The van der Waals surface area contributed by atoms with E-state index in [-0.39, 0.29) is 24.9 Å². The van der Waals surface area contributed by atoms with E-state index < -0.39 is 29.8 Å². The molecule has 0 radical (unpaired) electrons. The smallest absolute Gasteiger partial charge is 0.416 e. The van der Waals surface area contributed by atoms with Gasteiger partial charge < -0.3 is 20.2 Å². The van der Waals surface area contributed by atoms with E-state index in [1.807, 2.05) is 0 Å². The Balaban J connectivity index is 1.57. The summed E-state index contributed by atoms with van der Waals surface area (Å²) in [4.78, 5) is 39.5. The molecule has 2 N–H and O–H groups in total. The Hall–Kier alpha value is -2.78. The van der Waals surface area contributed by atoms with Gasteiger partial charge in [-0.1, -0.05) is 12.1 Å². The van der Waals surface area contributed by atoms with Gasteiger partial charge in [0.1, 0.15) is 6.04 Å². The van der Waals surface area contributed by atoms with E-state index in [0.29, 0.717) is 44.3 Å². The van der Waals surface area contributed by atoms with Gasteiger partial charge in [-0.15, -0.1) is 0 Å². The molecule has 2 heterocycles. The third-order valence-corrected chi connectivity index (χ3v) is 5.63. The minimum absolute atomic E-state index is 0.0612. The Labute approximate surface area is 171 Å². The molecule has 1 aromatic rings. The van der Waals surface area contributed by atoms with Gasteiger partial charge >= 0.3 is 12.3 Å². The predicted molar refractivity (Wildman–Crippen MR) is 100 cm³/mol. The van der Waals surface area contributed by atoms with Crippen LogP contribution in [0.25, 0.3) is 0 Å². The molecular formula is C20H24F3N3O4. The Kier molecular flexibility index (Phi) is 6.52. The van der Waals surface area contributed by atoms with Gasteiger partial charge in [-0.3, -0.25) is 9.59 Å². The minimum Gasteiger partial charge on any atom is -0.465 e. The molecule has 0 aromatic heterocycles. The quantitative estimate of drug-likeness (QED) is 0.773. The zero-order valence-corrected chi connectivity index (χ0v) is 16.3. The first-order valence-corrected chi connectivity index (χ1v) is 9.89. The zero-order chi connectivity index (χ0) is 21.9. The van der Waals surface area contributed by atoms with Crippen molar-refractivity contribution in [3.05, 3.63) is 35.4 Å². The van der Waals surface area contributed by atoms with Crippen LogP contribution in [-0.2, 0) is 22.3 Å². The van der Waals surface area contributed by atoms with Crippen LogP contribution in [0.5, 0.6) is 0 Å². The van der Waals surface area contributed by atoms with Crippen LogP contribution in [0.4, 0.5) is 18.0 Å². The third-order valence-electron chi connectivity index (χ3n) is 5.63. The number of piperidine rings is 1. The topological polar surface area (TPSA) is 90.0 Å². The number of alkyl halides is 3. The van der Waals surface area contributed by atoms with Crippen LogP contribution in [-0.4, -0.2) is 58.5 Å². The van der Waals surface area contributed by atoms with E-state index >= 15 is 0 Å². The van der Waals surface area contributed by atoms with Crippen LogP contribution in [0.1, 0.15) is 36.8 Å². The maximum absolute atomic E-state index is 12.9. The van der Waals surface area contributed by atoms with Gasteiger partial charge in [-0.05, 0) is 43.4 Å². The first-order chi connectivity index (χ1) is 14.2. The number of benzene rings is 1. The number of carbonyl (C=O) groups excluding carboxylic acids is 2. The molecule has 164 valence electrons. The van der Waals surface area contributed by atoms with Gasteiger partial charge in [-0.2, -0.15) is 13.2 Å². The molecule has 0 unspecified atom stereocenters. The van der Waals surface area contributed by atoms with Crippen LogP contribution < -0.4 is 5.32 Å². The fourth-order valence-electron chi connectivity index (χ4n) is 4.01. The van der Waals surface area contributed by atoms with Crippen molar-refractivity contribution >= 4 is 17.9 Å². The summed E-state index contributed by atoms with van der Waals surface area (Å²) in [5.41, 5.74) is -0.232. The lowest BCUT2D eigenvalue weighted by Crippen LogP contribution is -2.51. The monoisotopic (exact) mass is 427 g/mol. The molecular weight excluding hydrogens is 403 g/mol.